The minimum absolute atomic E-state index is 0.153. The molecule has 2 aromatic heterocycles. The van der Waals surface area contributed by atoms with E-state index in [4.69, 9.17) is 10.5 Å². The molecule has 3 aromatic rings. The third kappa shape index (κ3) is 4.24. The van der Waals surface area contributed by atoms with E-state index >= 15 is 0 Å². The molecule has 0 amide bonds. The standard InChI is InChI=1S/C18H20N6O4S2/c1-9(13(25)12-14(19)23(2)18(27)24(3)15(12)26)29-17-22-21-16(30-17)20-10-5-7-11(28-4)8-6-10/h5-9H,19H2,1-4H3,(H,20,21). The molecule has 0 spiro atoms. The van der Waals surface area contributed by atoms with Crippen LogP contribution in [0.5, 0.6) is 5.75 Å². The number of ether oxygens (including phenoxy) is 1. The van der Waals surface area contributed by atoms with Gasteiger partial charge >= 0.3 is 5.69 Å². The van der Waals surface area contributed by atoms with Crippen molar-refractivity contribution in [3.63, 3.8) is 0 Å². The number of benzene rings is 1. The van der Waals surface area contributed by atoms with Gasteiger partial charge in [-0.3, -0.25) is 18.7 Å². The van der Waals surface area contributed by atoms with Gasteiger partial charge in [0.1, 0.15) is 17.1 Å². The molecule has 0 radical (unpaired) electrons. The lowest BCUT2D eigenvalue weighted by molar-refractivity contribution is 0.0992. The van der Waals surface area contributed by atoms with Gasteiger partial charge in [-0.15, -0.1) is 10.2 Å². The third-order valence-corrected chi connectivity index (χ3v) is 6.37. The first-order valence-electron chi connectivity index (χ1n) is 8.73. The third-order valence-electron chi connectivity index (χ3n) is 4.35. The summed E-state index contributed by atoms with van der Waals surface area (Å²) in [6, 6.07) is 7.32. The van der Waals surface area contributed by atoms with Gasteiger partial charge in [0, 0.05) is 19.8 Å². The predicted octanol–water partition coefficient (Wildman–Crippen LogP) is 1.63. The molecule has 0 saturated carbocycles. The van der Waals surface area contributed by atoms with Crippen LogP contribution < -0.4 is 27.0 Å². The monoisotopic (exact) mass is 448 g/mol. The van der Waals surface area contributed by atoms with E-state index in [-0.39, 0.29) is 11.4 Å². The molecular weight excluding hydrogens is 428 g/mol. The van der Waals surface area contributed by atoms with Crippen molar-refractivity contribution in [3.05, 3.63) is 50.7 Å². The zero-order valence-corrected chi connectivity index (χ0v) is 18.3. The Hall–Kier alpha value is -3.12. The lowest BCUT2D eigenvalue weighted by atomic mass is 10.1. The van der Waals surface area contributed by atoms with Crippen LogP contribution >= 0.6 is 23.1 Å². The van der Waals surface area contributed by atoms with Crippen LogP contribution in [0.1, 0.15) is 17.3 Å². The number of carbonyl (C=O) groups is 1. The summed E-state index contributed by atoms with van der Waals surface area (Å²) in [5.41, 5.74) is 5.17. The number of thioether (sulfide) groups is 1. The highest BCUT2D eigenvalue weighted by Gasteiger charge is 2.26. The lowest BCUT2D eigenvalue weighted by Crippen LogP contribution is -2.42. The second kappa shape index (κ2) is 8.71. The molecule has 10 nitrogen and oxygen atoms in total. The number of Topliss-reactive ketones (excluding diaryl/α,β-unsaturated/α-hetero) is 1. The Morgan fingerprint density at radius 2 is 1.87 bits per heavy atom. The van der Waals surface area contributed by atoms with E-state index in [0.29, 0.717) is 9.47 Å². The van der Waals surface area contributed by atoms with Crippen molar-refractivity contribution in [2.75, 3.05) is 18.2 Å². The number of nitrogens with one attached hydrogen (secondary N) is 1. The molecule has 0 fully saturated rings. The Morgan fingerprint density at radius 1 is 1.20 bits per heavy atom. The Kier molecular flexibility index (Phi) is 6.27. The molecular formula is C18H20N6O4S2. The molecule has 1 aromatic carbocycles. The van der Waals surface area contributed by atoms with Crippen LogP contribution in [0, 0.1) is 0 Å². The number of nitrogen functional groups attached to an aromatic ring is 1. The van der Waals surface area contributed by atoms with Crippen LogP contribution in [0.3, 0.4) is 0 Å². The zero-order chi connectivity index (χ0) is 22.0. The number of nitrogens with zero attached hydrogens (tertiary/aromatic N) is 4. The predicted molar refractivity (Wildman–Crippen MR) is 117 cm³/mol. The van der Waals surface area contributed by atoms with E-state index in [0.717, 1.165) is 32.3 Å². The summed E-state index contributed by atoms with van der Waals surface area (Å²) in [4.78, 5) is 37.2. The first-order chi connectivity index (χ1) is 14.2. The number of ketones is 1. The van der Waals surface area contributed by atoms with Gasteiger partial charge in [-0.1, -0.05) is 23.1 Å². The molecule has 0 saturated heterocycles. The number of hydrogen-bond acceptors (Lipinski definition) is 10. The molecule has 3 N–H and O–H groups in total. The highest BCUT2D eigenvalue weighted by Crippen LogP contribution is 2.32. The molecule has 30 heavy (non-hydrogen) atoms. The summed E-state index contributed by atoms with van der Waals surface area (Å²) < 4.78 is 7.61. The van der Waals surface area contributed by atoms with Crippen molar-refractivity contribution in [2.45, 2.75) is 16.5 Å². The molecule has 0 bridgehead atoms. The molecule has 0 aliphatic rings. The van der Waals surface area contributed by atoms with E-state index in [1.807, 2.05) is 24.3 Å². The Labute approximate surface area is 179 Å². The molecule has 0 aliphatic carbocycles. The number of nitrogens with two attached hydrogens (primary N) is 1. The van der Waals surface area contributed by atoms with E-state index in [2.05, 4.69) is 15.5 Å². The average molecular weight is 449 g/mol. The van der Waals surface area contributed by atoms with Gasteiger partial charge < -0.3 is 15.8 Å². The summed E-state index contributed by atoms with van der Waals surface area (Å²) >= 11 is 2.43. The van der Waals surface area contributed by atoms with Crippen LogP contribution in [-0.4, -0.2) is 37.5 Å². The fourth-order valence-corrected chi connectivity index (χ4v) is 4.58. The molecule has 0 aliphatic heterocycles. The van der Waals surface area contributed by atoms with Crippen LogP contribution in [0.15, 0.2) is 38.2 Å². The van der Waals surface area contributed by atoms with Crippen molar-refractivity contribution in [1.29, 1.82) is 0 Å². The smallest absolute Gasteiger partial charge is 0.332 e. The number of aromatic nitrogens is 4. The topological polar surface area (TPSA) is 134 Å². The summed E-state index contributed by atoms with van der Waals surface area (Å²) in [6.45, 7) is 1.65. The van der Waals surface area contributed by atoms with Gasteiger partial charge in [0.05, 0.1) is 12.4 Å². The largest absolute Gasteiger partial charge is 0.497 e. The number of anilines is 3. The van der Waals surface area contributed by atoms with Gasteiger partial charge in [-0.25, -0.2) is 4.79 Å². The van der Waals surface area contributed by atoms with E-state index < -0.39 is 22.3 Å². The second-order valence-corrected chi connectivity index (χ2v) is 8.88. The number of hydrogen-bond donors (Lipinski definition) is 2. The Morgan fingerprint density at radius 3 is 2.50 bits per heavy atom. The number of carbonyl (C=O) groups excluding carboxylic acids is 1. The quantitative estimate of drug-likeness (QED) is 0.408. The fourth-order valence-electron chi connectivity index (χ4n) is 2.61. The summed E-state index contributed by atoms with van der Waals surface area (Å²) in [7, 11) is 4.31. The number of methoxy groups -OCH3 is 1. The highest BCUT2D eigenvalue weighted by molar-refractivity contribution is 8.02. The first kappa shape index (κ1) is 21.6. The molecule has 1 atom stereocenters. The van der Waals surface area contributed by atoms with E-state index in [1.165, 1.54) is 25.4 Å². The highest BCUT2D eigenvalue weighted by atomic mass is 32.2. The van der Waals surface area contributed by atoms with Crippen LogP contribution in [-0.2, 0) is 14.1 Å². The van der Waals surface area contributed by atoms with E-state index in [9.17, 15) is 14.4 Å². The van der Waals surface area contributed by atoms with Gasteiger partial charge in [0.25, 0.3) is 5.56 Å². The van der Waals surface area contributed by atoms with Crippen molar-refractivity contribution >= 4 is 45.5 Å². The SMILES string of the molecule is COc1ccc(Nc2nnc(SC(C)C(=O)c3c(N)n(C)c(=O)n(C)c3=O)s2)cc1. The van der Waals surface area contributed by atoms with Gasteiger partial charge in [-0.05, 0) is 31.2 Å². The summed E-state index contributed by atoms with van der Waals surface area (Å²) in [5, 5.41) is 11.2. The maximum Gasteiger partial charge on any atom is 0.332 e. The van der Waals surface area contributed by atoms with Crippen LogP contribution in [0.2, 0.25) is 0 Å². The summed E-state index contributed by atoms with van der Waals surface area (Å²) in [6.07, 6.45) is 0. The van der Waals surface area contributed by atoms with Gasteiger partial charge in [0.15, 0.2) is 10.1 Å². The lowest BCUT2D eigenvalue weighted by Gasteiger charge is -2.13. The average Bonchev–Trinajstić information content (AvgIpc) is 3.18. The van der Waals surface area contributed by atoms with Crippen molar-refractivity contribution in [2.24, 2.45) is 14.1 Å². The summed E-state index contributed by atoms with van der Waals surface area (Å²) in [5.74, 6) is 0.110. The molecule has 12 heteroatoms. The van der Waals surface area contributed by atoms with Crippen molar-refractivity contribution in [3.8, 4) is 5.75 Å². The number of rotatable bonds is 7. The minimum Gasteiger partial charge on any atom is -0.497 e. The minimum atomic E-state index is -0.716. The van der Waals surface area contributed by atoms with Crippen molar-refractivity contribution < 1.29 is 9.53 Å². The molecule has 3 rings (SSSR count). The Bertz CT molecular complexity index is 1200. The Balaban J connectivity index is 1.75. The fraction of sp³-hybridized carbons (Fsp3) is 0.278. The molecule has 158 valence electrons. The normalized spacial score (nSPS) is 11.9. The van der Waals surface area contributed by atoms with Crippen molar-refractivity contribution in [1.82, 2.24) is 19.3 Å². The molecule has 2 heterocycles. The molecule has 1 unspecified atom stereocenters. The maximum atomic E-state index is 12.9. The van der Waals surface area contributed by atoms with Crippen LogP contribution in [0.25, 0.3) is 0 Å². The first-order valence-corrected chi connectivity index (χ1v) is 10.4. The van der Waals surface area contributed by atoms with Crippen LogP contribution in [0.4, 0.5) is 16.6 Å². The van der Waals surface area contributed by atoms with E-state index in [1.54, 1.807) is 14.0 Å². The zero-order valence-electron chi connectivity index (χ0n) is 16.7. The van der Waals surface area contributed by atoms with Gasteiger partial charge in [-0.2, -0.15) is 0 Å². The second-order valence-electron chi connectivity index (χ2n) is 6.32. The van der Waals surface area contributed by atoms with Gasteiger partial charge in [0.2, 0.25) is 5.13 Å². The maximum absolute atomic E-state index is 12.9.